The Balaban J connectivity index is 1.44. The van der Waals surface area contributed by atoms with Crippen LogP contribution in [0, 0.1) is 11.3 Å². The van der Waals surface area contributed by atoms with Crippen LogP contribution < -0.4 is 20.7 Å². The largest absolute Gasteiger partial charge is 0.492 e. The molecule has 39 heavy (non-hydrogen) atoms. The molecule has 9 heteroatoms. The molecule has 1 fully saturated rings. The number of nitrogens with one attached hydrogen (secondary N) is 3. The summed E-state index contributed by atoms with van der Waals surface area (Å²) in [7, 11) is 2.13. The van der Waals surface area contributed by atoms with E-state index >= 15 is 0 Å². The Kier molecular flexibility index (Phi) is 8.15. The average Bonchev–Trinajstić information content (AvgIpc) is 2.94. The second-order valence-corrected chi connectivity index (χ2v) is 10.4. The highest BCUT2D eigenvalue weighted by Gasteiger charge is 2.21. The summed E-state index contributed by atoms with van der Waals surface area (Å²) in [5.41, 5.74) is 5.86. The molecule has 3 heterocycles. The second-order valence-electron chi connectivity index (χ2n) is 10.4. The van der Waals surface area contributed by atoms with E-state index in [4.69, 9.17) is 4.74 Å². The molecule has 0 spiro atoms. The van der Waals surface area contributed by atoms with Gasteiger partial charge in [0, 0.05) is 55.6 Å². The Bertz CT molecular complexity index is 1390. The fourth-order valence-electron chi connectivity index (χ4n) is 5.47. The maximum absolute atomic E-state index is 13.0. The number of piperidine rings is 1. The van der Waals surface area contributed by atoms with Crippen molar-refractivity contribution in [1.82, 2.24) is 20.1 Å². The van der Waals surface area contributed by atoms with Crippen molar-refractivity contribution in [3.8, 4) is 11.8 Å². The highest BCUT2D eigenvalue weighted by atomic mass is 16.5. The third-order valence-corrected chi connectivity index (χ3v) is 7.69. The molecule has 2 aliphatic heterocycles. The van der Waals surface area contributed by atoms with Crippen molar-refractivity contribution >= 4 is 34.0 Å². The number of nitriles is 1. The van der Waals surface area contributed by atoms with Crippen LogP contribution in [0.5, 0.6) is 5.75 Å². The average molecular weight is 528 g/mol. The molecule has 204 valence electrons. The summed E-state index contributed by atoms with van der Waals surface area (Å²) < 4.78 is 5.87. The molecular formula is C30H37N7O2. The molecule has 0 radical (unpaired) electrons. The van der Waals surface area contributed by atoms with E-state index in [2.05, 4.69) is 69.0 Å². The van der Waals surface area contributed by atoms with Crippen LogP contribution in [-0.4, -0.2) is 66.7 Å². The molecule has 5 rings (SSSR count). The minimum atomic E-state index is -0.261. The number of anilines is 3. The molecule has 0 atom stereocenters. The van der Waals surface area contributed by atoms with Gasteiger partial charge in [0.25, 0.3) is 0 Å². The Morgan fingerprint density at radius 3 is 2.72 bits per heavy atom. The van der Waals surface area contributed by atoms with Crippen LogP contribution in [0.3, 0.4) is 0 Å². The van der Waals surface area contributed by atoms with Crippen molar-refractivity contribution in [2.75, 3.05) is 50.5 Å². The van der Waals surface area contributed by atoms with Gasteiger partial charge in [-0.15, -0.1) is 0 Å². The lowest BCUT2D eigenvalue weighted by Crippen LogP contribution is -2.45. The molecule has 1 aromatic heterocycles. The Hall–Kier alpha value is -3.87. The number of amides is 2. The van der Waals surface area contributed by atoms with Gasteiger partial charge in [-0.3, -0.25) is 4.98 Å². The van der Waals surface area contributed by atoms with Gasteiger partial charge in [-0.25, -0.2) is 4.79 Å². The van der Waals surface area contributed by atoms with Crippen molar-refractivity contribution in [2.24, 2.45) is 0 Å². The molecule has 0 aliphatic carbocycles. The first-order valence-corrected chi connectivity index (χ1v) is 13.8. The van der Waals surface area contributed by atoms with Crippen molar-refractivity contribution < 1.29 is 9.53 Å². The summed E-state index contributed by atoms with van der Waals surface area (Å²) >= 11 is 0. The Morgan fingerprint density at radius 1 is 1.15 bits per heavy atom. The van der Waals surface area contributed by atoms with Gasteiger partial charge in [-0.1, -0.05) is 13.0 Å². The number of aromatic nitrogens is 1. The predicted molar refractivity (Wildman–Crippen MR) is 155 cm³/mol. The van der Waals surface area contributed by atoms with Gasteiger partial charge in [0.15, 0.2) is 0 Å². The number of urea groups is 1. The second kappa shape index (κ2) is 11.9. The van der Waals surface area contributed by atoms with Crippen LogP contribution in [0.1, 0.15) is 43.4 Å². The van der Waals surface area contributed by atoms with E-state index in [-0.39, 0.29) is 12.1 Å². The molecule has 2 aromatic carbocycles. The molecule has 0 bridgehead atoms. The van der Waals surface area contributed by atoms with Crippen LogP contribution in [-0.2, 0) is 13.0 Å². The molecule has 3 N–H and O–H groups in total. The van der Waals surface area contributed by atoms with Crippen LogP contribution in [0.25, 0.3) is 10.9 Å². The lowest BCUT2D eigenvalue weighted by Gasteiger charge is -2.31. The van der Waals surface area contributed by atoms with E-state index in [0.29, 0.717) is 34.8 Å². The van der Waals surface area contributed by atoms with E-state index in [0.717, 1.165) is 63.1 Å². The summed E-state index contributed by atoms with van der Waals surface area (Å²) in [5, 5.41) is 20.3. The number of likely N-dealkylation sites (tertiary alicyclic amines) is 1. The molecule has 2 amide bonds. The zero-order valence-electron chi connectivity index (χ0n) is 23.0. The maximum atomic E-state index is 13.0. The monoisotopic (exact) mass is 527 g/mol. The summed E-state index contributed by atoms with van der Waals surface area (Å²) in [5.74, 6) is 0.543. The van der Waals surface area contributed by atoms with Gasteiger partial charge in [0.1, 0.15) is 11.8 Å². The first kappa shape index (κ1) is 26.7. The molecule has 0 unspecified atom stereocenters. The minimum Gasteiger partial charge on any atom is -0.492 e. The van der Waals surface area contributed by atoms with Gasteiger partial charge >= 0.3 is 6.03 Å². The topological polar surface area (TPSA) is 106 Å². The minimum absolute atomic E-state index is 0.135. The first-order valence-electron chi connectivity index (χ1n) is 13.8. The highest BCUT2D eigenvalue weighted by molar-refractivity contribution is 6.01. The number of fused-ring (bicyclic) bond motifs is 2. The third kappa shape index (κ3) is 6.08. The van der Waals surface area contributed by atoms with Crippen molar-refractivity contribution in [2.45, 2.75) is 45.7 Å². The summed E-state index contributed by atoms with van der Waals surface area (Å²) in [4.78, 5) is 22.2. The smallest absolute Gasteiger partial charge is 0.319 e. The van der Waals surface area contributed by atoms with Crippen molar-refractivity contribution in [3.63, 3.8) is 0 Å². The summed E-state index contributed by atoms with van der Waals surface area (Å²) in [6.07, 6.45) is 4.46. The van der Waals surface area contributed by atoms with Gasteiger partial charge in [0.05, 0.1) is 29.1 Å². The lowest BCUT2D eigenvalue weighted by molar-refractivity contribution is 0.203. The van der Waals surface area contributed by atoms with Gasteiger partial charge in [0.2, 0.25) is 0 Å². The number of ether oxygens (including phenoxy) is 1. The lowest BCUT2D eigenvalue weighted by atomic mass is 9.99. The zero-order valence-corrected chi connectivity index (χ0v) is 23.0. The number of hydrogen-bond donors (Lipinski definition) is 3. The first-order chi connectivity index (χ1) is 19.0. The fourth-order valence-corrected chi connectivity index (χ4v) is 5.47. The molecule has 2 aliphatic rings. The number of carbonyl (C=O) groups excluding carboxylic acids is 1. The highest BCUT2D eigenvalue weighted by Crippen LogP contribution is 2.36. The van der Waals surface area contributed by atoms with Crippen LogP contribution >= 0.6 is 0 Å². The molecule has 0 saturated carbocycles. The normalized spacial score (nSPS) is 16.4. The number of pyridine rings is 1. The summed E-state index contributed by atoms with van der Waals surface area (Å²) in [6, 6.07) is 12.2. The van der Waals surface area contributed by atoms with Crippen LogP contribution in [0.4, 0.5) is 21.9 Å². The van der Waals surface area contributed by atoms with Crippen LogP contribution in [0.2, 0.25) is 0 Å². The predicted octanol–water partition coefficient (Wildman–Crippen LogP) is 4.84. The SMILES string of the molecule is CCOc1cc2ncc(C#N)c(Nc3ccc4c(c3)CN(C)CC4)c2cc1NC(=O)NC1CCN(CC)CC1. The molecular weight excluding hydrogens is 490 g/mol. The molecule has 3 aromatic rings. The Labute approximate surface area is 230 Å². The number of hydrogen-bond acceptors (Lipinski definition) is 7. The van der Waals surface area contributed by atoms with Crippen molar-refractivity contribution in [3.05, 3.63) is 53.2 Å². The maximum Gasteiger partial charge on any atom is 0.319 e. The standard InChI is InChI=1S/C30H37N7O2/c1-4-37-12-9-23(10-13-37)34-30(38)35-27-15-25-26(16-28(27)39-5-2)32-18-22(17-31)29(25)33-24-7-6-20-8-11-36(3)19-21(20)14-24/h6-7,14-16,18,23H,4-5,8-13,19H2,1-3H3,(H,32,33)(H2,34,35,38). The van der Waals surface area contributed by atoms with Gasteiger partial charge in [-0.2, -0.15) is 5.26 Å². The van der Waals surface area contributed by atoms with Gasteiger partial charge in [-0.05, 0) is 69.1 Å². The number of likely N-dealkylation sites (N-methyl/N-ethyl adjacent to an activating group) is 1. The number of rotatable bonds is 7. The fraction of sp³-hybridized carbons (Fsp3) is 0.433. The van der Waals surface area contributed by atoms with Gasteiger partial charge < -0.3 is 30.5 Å². The van der Waals surface area contributed by atoms with E-state index in [1.807, 2.05) is 19.1 Å². The molecule has 9 nitrogen and oxygen atoms in total. The number of benzene rings is 2. The Morgan fingerprint density at radius 2 is 1.97 bits per heavy atom. The van der Waals surface area contributed by atoms with Crippen molar-refractivity contribution in [1.29, 1.82) is 5.26 Å². The summed E-state index contributed by atoms with van der Waals surface area (Å²) in [6.45, 7) is 9.46. The third-order valence-electron chi connectivity index (χ3n) is 7.69. The van der Waals surface area contributed by atoms with Crippen LogP contribution in [0.15, 0.2) is 36.5 Å². The zero-order chi connectivity index (χ0) is 27.4. The van der Waals surface area contributed by atoms with E-state index in [1.54, 1.807) is 6.20 Å². The van der Waals surface area contributed by atoms with E-state index in [9.17, 15) is 10.1 Å². The number of nitrogens with zero attached hydrogens (tertiary/aromatic N) is 4. The molecule has 1 saturated heterocycles. The van der Waals surface area contributed by atoms with E-state index < -0.39 is 0 Å². The number of carbonyl (C=O) groups is 1. The quantitative estimate of drug-likeness (QED) is 0.404. The van der Waals surface area contributed by atoms with E-state index in [1.165, 1.54) is 11.1 Å².